The molecule has 0 bridgehead atoms. The third kappa shape index (κ3) is 7.75. The summed E-state index contributed by atoms with van der Waals surface area (Å²) >= 11 is 0. The van der Waals surface area contributed by atoms with Crippen LogP contribution >= 0.6 is 0 Å². The second kappa shape index (κ2) is 16.5. The number of esters is 3. The molecule has 0 saturated heterocycles. The van der Waals surface area contributed by atoms with E-state index in [4.69, 9.17) is 14.2 Å². The molecule has 318 valence electrons. The Morgan fingerprint density at radius 1 is 0.714 bits per heavy atom. The fraction of sp³-hybridized carbons (Fsp3) is 0.766. The lowest BCUT2D eigenvalue weighted by molar-refractivity contribution is -0.261. The average molecular weight is 785 g/mol. The normalized spacial score (nSPS) is 40.4. The third-order valence-corrected chi connectivity index (χ3v) is 15.4. The van der Waals surface area contributed by atoms with E-state index in [1.807, 2.05) is 55.4 Å². The molecule has 0 aromatic carbocycles. The number of ether oxygens (including phenoxy) is 3. The maximum absolute atomic E-state index is 13.1. The molecule has 0 aromatic rings. The van der Waals surface area contributed by atoms with E-state index in [9.17, 15) is 29.7 Å². The summed E-state index contributed by atoms with van der Waals surface area (Å²) < 4.78 is 18.0. The molecule has 0 radical (unpaired) electrons. The number of allylic oxidation sites excluding steroid dienone is 5. The first kappa shape index (κ1) is 47.6. The highest BCUT2D eigenvalue weighted by atomic mass is 16.6. The minimum atomic E-state index is -1.30. The van der Waals surface area contributed by atoms with Crippen molar-refractivity contribution in [1.29, 1.82) is 0 Å². The lowest BCUT2D eigenvalue weighted by atomic mass is 9.33. The van der Waals surface area contributed by atoms with Crippen LogP contribution in [0, 0.1) is 50.2 Å². The Bertz CT molecular complexity index is 1620. The molecule has 3 unspecified atom stereocenters. The van der Waals surface area contributed by atoms with Crippen LogP contribution in [0.4, 0.5) is 0 Å². The zero-order valence-corrected chi connectivity index (χ0v) is 35.0. The molecule has 3 N–H and O–H groups in total. The van der Waals surface area contributed by atoms with E-state index in [1.54, 1.807) is 0 Å². The summed E-state index contributed by atoms with van der Waals surface area (Å²) in [5.41, 5.74) is 0.200. The van der Waals surface area contributed by atoms with Crippen LogP contribution in [0.15, 0.2) is 46.6 Å². The van der Waals surface area contributed by atoms with E-state index in [-0.39, 0.29) is 62.6 Å². The van der Waals surface area contributed by atoms with Crippen LogP contribution in [0.1, 0.15) is 143 Å². The molecule has 0 heterocycles. The summed E-state index contributed by atoms with van der Waals surface area (Å²) in [7, 11) is 0. The zero-order chi connectivity index (χ0) is 40.4. The number of aliphatic hydroxyl groups excluding tert-OH is 3. The molecule has 5 rings (SSSR count). The zero-order valence-electron chi connectivity index (χ0n) is 35.0. The van der Waals surface area contributed by atoms with Gasteiger partial charge >= 0.3 is 17.9 Å². The first-order valence-electron chi connectivity index (χ1n) is 20.1. The molecule has 4 saturated carbocycles. The van der Waals surface area contributed by atoms with Crippen molar-refractivity contribution in [2.24, 2.45) is 50.2 Å². The number of hydrogen-bond donors (Lipinski definition) is 3. The number of hydrogen-bond acceptors (Lipinski definition) is 9. The standard InChI is InChI=1S/C45H68O9.2CH4/c1-26(2)19-35(47)52-24-42(10)31-15-18-43(11)32(41(31,9)17-16-34(42)54-37(49)21-28(5)6)14-13-29-30-22-40(7,8)38(50)39(51)45(30,33(46)23-44(29,43)12)25-53-36(48)20-27(3)4;;/h13,19-21,30-34,38-39,46,50-51H,14-18,22-25H2,1-12H3;2*1H4/t30?,31?,32?,33-,34+,38+,39+,41+,42-,43-,44-,45+;;/m1../s1. The van der Waals surface area contributed by atoms with Crippen molar-refractivity contribution in [2.45, 2.75) is 167 Å². The SMILES string of the molecule is C.C.CC(C)=CC(=O)OC[C@@]12C(CC(C)(C)[C@@H](O)[C@@H]1O)C1=CCC3[C@@]4(C)CC[C@H](OC(=O)C=C(C)C)[C@](C)(COC(=O)C=C(C)C)C4CC[C@@]3(C)[C@]1(C)C[C@H]2O. The minimum Gasteiger partial charge on any atom is -0.462 e. The lowest BCUT2D eigenvalue weighted by Gasteiger charge is -2.72. The van der Waals surface area contributed by atoms with Gasteiger partial charge < -0.3 is 29.5 Å². The van der Waals surface area contributed by atoms with Gasteiger partial charge in [-0.05, 0) is 126 Å². The maximum Gasteiger partial charge on any atom is 0.330 e. The van der Waals surface area contributed by atoms with Gasteiger partial charge in [-0.1, -0.05) is 84.8 Å². The van der Waals surface area contributed by atoms with E-state index in [0.717, 1.165) is 42.4 Å². The number of rotatable bonds is 8. The highest BCUT2D eigenvalue weighted by Gasteiger charge is 2.73. The summed E-state index contributed by atoms with van der Waals surface area (Å²) in [6, 6.07) is 0. The van der Waals surface area contributed by atoms with Crippen molar-refractivity contribution in [1.82, 2.24) is 0 Å². The molecule has 0 aromatic heterocycles. The van der Waals surface area contributed by atoms with Crippen LogP contribution in [-0.4, -0.2) is 70.9 Å². The predicted molar refractivity (Wildman–Crippen MR) is 221 cm³/mol. The largest absolute Gasteiger partial charge is 0.462 e. The molecule has 0 aliphatic heterocycles. The Hall–Kier alpha value is -2.75. The van der Waals surface area contributed by atoms with Crippen LogP contribution < -0.4 is 0 Å². The maximum atomic E-state index is 13.1. The first-order chi connectivity index (χ1) is 24.9. The molecular formula is C47H76O9. The van der Waals surface area contributed by atoms with Crippen molar-refractivity contribution < 1.29 is 43.9 Å². The summed E-state index contributed by atoms with van der Waals surface area (Å²) in [6.45, 7) is 24.1. The summed E-state index contributed by atoms with van der Waals surface area (Å²) in [5, 5.41) is 35.9. The molecule has 9 nitrogen and oxygen atoms in total. The number of carbonyl (C=O) groups is 3. The van der Waals surface area contributed by atoms with Gasteiger partial charge in [-0.2, -0.15) is 0 Å². The Morgan fingerprint density at radius 2 is 1.25 bits per heavy atom. The molecule has 5 aliphatic carbocycles. The highest BCUT2D eigenvalue weighted by molar-refractivity contribution is 5.83. The third-order valence-electron chi connectivity index (χ3n) is 15.4. The highest BCUT2D eigenvalue weighted by Crippen LogP contribution is 2.76. The number of aliphatic hydroxyl groups is 3. The topological polar surface area (TPSA) is 140 Å². The van der Waals surface area contributed by atoms with Gasteiger partial charge in [0.1, 0.15) is 19.3 Å². The van der Waals surface area contributed by atoms with Crippen LogP contribution in [-0.2, 0) is 28.6 Å². The van der Waals surface area contributed by atoms with Gasteiger partial charge in [0, 0.05) is 23.6 Å². The predicted octanol–water partition coefficient (Wildman–Crippen LogP) is 8.85. The van der Waals surface area contributed by atoms with Crippen LogP contribution in [0.25, 0.3) is 0 Å². The molecular weight excluding hydrogens is 709 g/mol. The van der Waals surface area contributed by atoms with Gasteiger partial charge in [-0.3, -0.25) is 0 Å². The molecule has 12 atom stereocenters. The fourth-order valence-corrected chi connectivity index (χ4v) is 12.4. The van der Waals surface area contributed by atoms with E-state index >= 15 is 0 Å². The Balaban J connectivity index is 0.00000420. The summed E-state index contributed by atoms with van der Waals surface area (Å²) in [5.74, 6) is -1.35. The molecule has 5 aliphatic rings. The van der Waals surface area contributed by atoms with Gasteiger partial charge in [0.15, 0.2) is 0 Å². The first-order valence-corrected chi connectivity index (χ1v) is 20.1. The molecule has 0 amide bonds. The van der Waals surface area contributed by atoms with Gasteiger partial charge in [-0.25, -0.2) is 14.4 Å². The van der Waals surface area contributed by atoms with E-state index in [2.05, 4.69) is 33.8 Å². The van der Waals surface area contributed by atoms with Gasteiger partial charge in [0.25, 0.3) is 0 Å². The monoisotopic (exact) mass is 785 g/mol. The summed E-state index contributed by atoms with van der Waals surface area (Å²) in [4.78, 5) is 38.9. The van der Waals surface area contributed by atoms with Crippen molar-refractivity contribution in [3.8, 4) is 0 Å². The van der Waals surface area contributed by atoms with Gasteiger partial charge in [0.05, 0.1) is 23.7 Å². The Kier molecular flexibility index (Phi) is 14.0. The van der Waals surface area contributed by atoms with Crippen molar-refractivity contribution in [2.75, 3.05) is 13.2 Å². The fourth-order valence-electron chi connectivity index (χ4n) is 12.4. The van der Waals surface area contributed by atoms with Crippen molar-refractivity contribution >= 4 is 17.9 Å². The molecule has 4 fully saturated rings. The Morgan fingerprint density at radius 3 is 1.80 bits per heavy atom. The second-order valence-electron chi connectivity index (χ2n) is 20.1. The number of carbonyl (C=O) groups excluding carboxylic acids is 3. The van der Waals surface area contributed by atoms with E-state index < -0.39 is 58.0 Å². The van der Waals surface area contributed by atoms with E-state index in [1.165, 1.54) is 23.8 Å². The molecule has 0 spiro atoms. The lowest BCUT2D eigenvalue weighted by Crippen LogP contribution is -2.72. The molecule has 9 heteroatoms. The average Bonchev–Trinajstić information content (AvgIpc) is 3.03. The molecule has 56 heavy (non-hydrogen) atoms. The minimum absolute atomic E-state index is 0. The van der Waals surface area contributed by atoms with Crippen LogP contribution in [0.5, 0.6) is 0 Å². The van der Waals surface area contributed by atoms with Crippen molar-refractivity contribution in [3.05, 3.63) is 46.6 Å². The number of fused-ring (bicyclic) bond motifs is 7. The summed E-state index contributed by atoms with van der Waals surface area (Å²) in [6.07, 6.45) is 7.69. The van der Waals surface area contributed by atoms with Crippen LogP contribution in [0.3, 0.4) is 0 Å². The van der Waals surface area contributed by atoms with Gasteiger partial charge in [-0.15, -0.1) is 0 Å². The van der Waals surface area contributed by atoms with Crippen molar-refractivity contribution in [3.63, 3.8) is 0 Å². The quantitative estimate of drug-likeness (QED) is 0.0954. The smallest absolute Gasteiger partial charge is 0.330 e. The Labute approximate surface area is 338 Å². The van der Waals surface area contributed by atoms with Gasteiger partial charge in [0.2, 0.25) is 0 Å². The second-order valence-corrected chi connectivity index (χ2v) is 20.1. The van der Waals surface area contributed by atoms with Crippen LogP contribution in [0.2, 0.25) is 0 Å². The van der Waals surface area contributed by atoms with E-state index in [0.29, 0.717) is 19.3 Å².